The van der Waals surface area contributed by atoms with Crippen molar-refractivity contribution in [2.75, 3.05) is 44.7 Å². The molecule has 1 fully saturated rings. The smallest absolute Gasteiger partial charge is 0.497 e. The van der Waals surface area contributed by atoms with Gasteiger partial charge in [-0.05, 0) is 42.5 Å². The number of ether oxygens (including phenoxy) is 2. The Morgan fingerprint density at radius 3 is 2.16 bits per heavy atom. The molecule has 1 aliphatic rings. The number of hydrogen-bond acceptors (Lipinski definition) is 6. The molecule has 0 spiro atoms. The molecule has 0 radical (unpaired) electrons. The van der Waals surface area contributed by atoms with Gasteiger partial charge in [0.25, 0.3) is 0 Å². The summed E-state index contributed by atoms with van der Waals surface area (Å²) in [6.45, 7) is 3.45. The molecule has 1 saturated heterocycles. The maximum atomic E-state index is 12.9. The van der Waals surface area contributed by atoms with Gasteiger partial charge in [-0.3, -0.25) is 9.69 Å². The van der Waals surface area contributed by atoms with E-state index in [4.69, 9.17) is 4.74 Å². The average Bonchev–Trinajstić information content (AvgIpc) is 3.17. The molecule has 208 valence electrons. The van der Waals surface area contributed by atoms with Crippen molar-refractivity contribution in [1.82, 2.24) is 9.47 Å². The van der Waals surface area contributed by atoms with Gasteiger partial charge in [-0.25, -0.2) is 0 Å². The van der Waals surface area contributed by atoms with E-state index in [0.717, 1.165) is 36.7 Å². The molecule has 0 aliphatic carbocycles. The zero-order chi connectivity index (χ0) is 26.8. The first-order valence-corrected chi connectivity index (χ1v) is 11.9. The van der Waals surface area contributed by atoms with Gasteiger partial charge in [0.1, 0.15) is 11.5 Å². The SMILES string of the molecule is COc1ccc(N2CCN(CCn3c(=NC(=O)C(F)(F)F)sc4cc(OC(F)(F)F)ccc43)CC2)cc1.Cl. The fourth-order valence-corrected chi connectivity index (χ4v) is 5.05. The van der Waals surface area contributed by atoms with Crippen LogP contribution in [0.5, 0.6) is 11.5 Å². The summed E-state index contributed by atoms with van der Waals surface area (Å²) in [6, 6.07) is 11.1. The third kappa shape index (κ3) is 7.32. The van der Waals surface area contributed by atoms with Crippen LogP contribution in [0.25, 0.3) is 10.2 Å². The number of piperazine rings is 1. The predicted octanol–water partition coefficient (Wildman–Crippen LogP) is 4.84. The van der Waals surface area contributed by atoms with Crippen LogP contribution in [0.2, 0.25) is 0 Å². The van der Waals surface area contributed by atoms with Gasteiger partial charge in [-0.2, -0.15) is 18.2 Å². The number of nitrogens with zero attached hydrogens (tertiary/aromatic N) is 4. The van der Waals surface area contributed by atoms with Gasteiger partial charge >= 0.3 is 18.4 Å². The van der Waals surface area contributed by atoms with Gasteiger partial charge in [0.2, 0.25) is 0 Å². The topological polar surface area (TPSA) is 59.3 Å². The van der Waals surface area contributed by atoms with Crippen molar-refractivity contribution in [3.8, 4) is 11.5 Å². The number of hydrogen-bond donors (Lipinski definition) is 0. The van der Waals surface area contributed by atoms with Crippen LogP contribution in [-0.2, 0) is 11.3 Å². The second-order valence-electron chi connectivity index (χ2n) is 8.16. The number of halogens is 7. The van der Waals surface area contributed by atoms with Crippen molar-refractivity contribution in [3.63, 3.8) is 0 Å². The summed E-state index contributed by atoms with van der Waals surface area (Å²) in [5.74, 6) is -2.05. The Labute approximate surface area is 223 Å². The summed E-state index contributed by atoms with van der Waals surface area (Å²) in [5, 5.41) is 0. The molecule has 7 nitrogen and oxygen atoms in total. The van der Waals surface area contributed by atoms with E-state index in [9.17, 15) is 31.1 Å². The number of carbonyl (C=O) groups excluding carboxylic acids is 1. The quantitative estimate of drug-likeness (QED) is 0.388. The van der Waals surface area contributed by atoms with Crippen LogP contribution < -0.4 is 19.2 Å². The molecule has 0 atom stereocenters. The van der Waals surface area contributed by atoms with Crippen molar-refractivity contribution < 1.29 is 40.6 Å². The van der Waals surface area contributed by atoms with E-state index < -0.39 is 24.2 Å². The maximum Gasteiger partial charge on any atom is 0.573 e. The van der Waals surface area contributed by atoms with Crippen molar-refractivity contribution in [3.05, 3.63) is 47.3 Å². The number of fused-ring (bicyclic) bond motifs is 1. The number of benzene rings is 2. The Morgan fingerprint density at radius 2 is 1.58 bits per heavy atom. The van der Waals surface area contributed by atoms with Crippen molar-refractivity contribution in [2.45, 2.75) is 19.1 Å². The monoisotopic (exact) mass is 584 g/mol. The molecule has 3 aromatic rings. The molecule has 2 aromatic carbocycles. The molecule has 4 rings (SSSR count). The van der Waals surface area contributed by atoms with Crippen LogP contribution >= 0.6 is 23.7 Å². The molecule has 1 aliphatic heterocycles. The number of rotatable bonds is 6. The van der Waals surface area contributed by atoms with Crippen molar-refractivity contribution in [2.24, 2.45) is 4.99 Å². The number of aromatic nitrogens is 1. The Balaban J connectivity index is 0.00000400. The highest BCUT2D eigenvalue weighted by atomic mass is 35.5. The van der Waals surface area contributed by atoms with Crippen molar-refractivity contribution >= 4 is 45.6 Å². The summed E-state index contributed by atoms with van der Waals surface area (Å²) >= 11 is 0.687. The van der Waals surface area contributed by atoms with Crippen LogP contribution in [0, 0.1) is 0 Å². The summed E-state index contributed by atoms with van der Waals surface area (Å²) in [7, 11) is 1.59. The Bertz CT molecular complexity index is 1320. The predicted molar refractivity (Wildman–Crippen MR) is 132 cm³/mol. The second-order valence-corrected chi connectivity index (χ2v) is 9.16. The van der Waals surface area contributed by atoms with Gasteiger partial charge < -0.3 is 18.9 Å². The Morgan fingerprint density at radius 1 is 0.947 bits per heavy atom. The lowest BCUT2D eigenvalue weighted by Gasteiger charge is -2.36. The molecule has 1 aromatic heterocycles. The molecular weight excluding hydrogens is 562 g/mol. The summed E-state index contributed by atoms with van der Waals surface area (Å²) < 4.78 is 87.1. The number of alkyl halides is 6. The standard InChI is InChI=1S/C23H22F6N4O3S.ClH/c1-35-16-4-2-15(3-5-16)32-11-8-31(9-12-32)10-13-33-18-7-6-17(36-23(27,28)29)14-19(18)37-21(33)30-20(34)22(24,25)26;/h2-7,14H,8-13H2,1H3;1H. The first-order valence-electron chi connectivity index (χ1n) is 11.1. The lowest BCUT2D eigenvalue weighted by Crippen LogP contribution is -2.47. The molecule has 0 saturated carbocycles. The fourth-order valence-electron chi connectivity index (χ4n) is 3.97. The molecule has 0 unspecified atom stereocenters. The number of anilines is 1. The van der Waals surface area contributed by atoms with E-state index in [1.54, 1.807) is 7.11 Å². The van der Waals surface area contributed by atoms with E-state index >= 15 is 0 Å². The third-order valence-corrected chi connectivity index (χ3v) is 6.82. The summed E-state index contributed by atoms with van der Waals surface area (Å²) in [4.78, 5) is 18.8. The fraction of sp³-hybridized carbons (Fsp3) is 0.391. The molecule has 1 amide bonds. The van der Waals surface area contributed by atoms with E-state index in [-0.39, 0.29) is 28.5 Å². The largest absolute Gasteiger partial charge is 0.573 e. The van der Waals surface area contributed by atoms with Gasteiger partial charge in [0, 0.05) is 45.0 Å². The van der Waals surface area contributed by atoms with Crippen molar-refractivity contribution in [1.29, 1.82) is 0 Å². The van der Waals surface area contributed by atoms with Crippen LogP contribution in [0.15, 0.2) is 47.5 Å². The molecule has 0 bridgehead atoms. The number of thiazole rings is 1. The lowest BCUT2D eigenvalue weighted by atomic mass is 10.2. The zero-order valence-corrected chi connectivity index (χ0v) is 21.5. The highest BCUT2D eigenvalue weighted by Gasteiger charge is 2.39. The van der Waals surface area contributed by atoms with Crippen LogP contribution in [0.3, 0.4) is 0 Å². The van der Waals surface area contributed by atoms with E-state index in [1.165, 1.54) is 10.6 Å². The van der Waals surface area contributed by atoms with Gasteiger partial charge in [-0.1, -0.05) is 11.3 Å². The van der Waals surface area contributed by atoms with Crippen LogP contribution in [-0.4, -0.2) is 67.7 Å². The highest BCUT2D eigenvalue weighted by molar-refractivity contribution is 7.16. The number of amides is 1. The number of carbonyl (C=O) groups is 1. The van der Waals surface area contributed by atoms with Gasteiger partial charge in [0.15, 0.2) is 4.80 Å². The Kier molecular flexibility index (Phi) is 9.21. The normalized spacial score (nSPS) is 15.4. The average molecular weight is 585 g/mol. The van der Waals surface area contributed by atoms with E-state index in [0.29, 0.717) is 36.5 Å². The highest BCUT2D eigenvalue weighted by Crippen LogP contribution is 2.28. The summed E-state index contributed by atoms with van der Waals surface area (Å²) in [6.07, 6.45) is -10.1. The lowest BCUT2D eigenvalue weighted by molar-refractivity contribution is -0.274. The first kappa shape index (κ1) is 29.6. The molecule has 2 heterocycles. The third-order valence-electron chi connectivity index (χ3n) is 5.78. The minimum absolute atomic E-state index is 0. The van der Waals surface area contributed by atoms with Crippen LogP contribution in [0.4, 0.5) is 32.0 Å². The zero-order valence-electron chi connectivity index (χ0n) is 19.9. The van der Waals surface area contributed by atoms with Crippen LogP contribution in [0.1, 0.15) is 0 Å². The van der Waals surface area contributed by atoms with E-state index in [1.807, 2.05) is 24.3 Å². The number of methoxy groups -OCH3 is 1. The molecule has 15 heteroatoms. The van der Waals surface area contributed by atoms with Gasteiger partial charge in [0.05, 0.1) is 17.3 Å². The second kappa shape index (κ2) is 11.8. The minimum Gasteiger partial charge on any atom is -0.497 e. The van der Waals surface area contributed by atoms with E-state index in [2.05, 4.69) is 19.5 Å². The molecule has 38 heavy (non-hydrogen) atoms. The molecular formula is C23H23ClF6N4O3S. The Hall–Kier alpha value is -2.97. The summed E-state index contributed by atoms with van der Waals surface area (Å²) in [5.41, 5.74) is 1.40. The maximum absolute atomic E-state index is 12.9. The minimum atomic E-state index is -5.17. The van der Waals surface area contributed by atoms with Gasteiger partial charge in [-0.15, -0.1) is 25.6 Å². The first-order chi connectivity index (χ1) is 17.4. The molecule has 0 N–H and O–H groups in total.